The van der Waals surface area contributed by atoms with Crippen LogP contribution in [0.3, 0.4) is 0 Å². The van der Waals surface area contributed by atoms with E-state index in [0.717, 1.165) is 44.7 Å². The second-order valence-corrected chi connectivity index (χ2v) is 12.5. The van der Waals surface area contributed by atoms with Gasteiger partial charge in [-0.15, -0.1) is 0 Å². The first kappa shape index (κ1) is 35.3. The van der Waals surface area contributed by atoms with Crippen LogP contribution in [0.4, 0.5) is 21.9 Å². The summed E-state index contributed by atoms with van der Waals surface area (Å²) in [5, 5.41) is 12.4. The predicted octanol–water partition coefficient (Wildman–Crippen LogP) is 8.76. The first-order chi connectivity index (χ1) is 23.9. The van der Waals surface area contributed by atoms with Crippen LogP contribution in [0.25, 0.3) is 0 Å². The highest BCUT2D eigenvalue weighted by Gasteiger charge is 2.19. The number of amides is 3. The third-order valence-electron chi connectivity index (χ3n) is 8.86. The summed E-state index contributed by atoms with van der Waals surface area (Å²) in [6, 6.07) is 30.6. The van der Waals surface area contributed by atoms with Gasteiger partial charge in [0.25, 0.3) is 5.91 Å². The van der Waals surface area contributed by atoms with Crippen LogP contribution in [-0.4, -0.2) is 49.1 Å². The molecule has 9 nitrogen and oxygen atoms in total. The summed E-state index contributed by atoms with van der Waals surface area (Å²) < 4.78 is 11.9. The van der Waals surface area contributed by atoms with Gasteiger partial charge in [-0.2, -0.15) is 0 Å². The fraction of sp³-hybridized carbons (Fsp3) is 0.350. The van der Waals surface area contributed by atoms with E-state index in [1.807, 2.05) is 45.0 Å². The van der Waals surface area contributed by atoms with Crippen molar-refractivity contribution in [2.45, 2.75) is 59.0 Å². The molecular weight excluding hydrogens is 614 g/mol. The van der Waals surface area contributed by atoms with Gasteiger partial charge in [0.1, 0.15) is 5.75 Å². The van der Waals surface area contributed by atoms with Gasteiger partial charge in [-0.25, -0.2) is 4.79 Å². The van der Waals surface area contributed by atoms with E-state index in [9.17, 15) is 9.59 Å². The van der Waals surface area contributed by atoms with Crippen LogP contribution in [0.2, 0.25) is 0 Å². The number of carbonyl (C=O) groups excluding carboxylic acids is 2. The summed E-state index contributed by atoms with van der Waals surface area (Å²) in [5.74, 6) is 2.08. The number of carbonyl (C=O) groups is 2. The zero-order chi connectivity index (χ0) is 34.4. The van der Waals surface area contributed by atoms with E-state index in [1.165, 1.54) is 18.4 Å². The lowest BCUT2D eigenvalue weighted by Crippen LogP contribution is -2.37. The van der Waals surface area contributed by atoms with Crippen LogP contribution >= 0.6 is 0 Å². The Labute approximate surface area is 290 Å². The first-order valence-corrected chi connectivity index (χ1v) is 17.5. The number of benzene rings is 4. The molecule has 1 saturated heterocycles. The van der Waals surface area contributed by atoms with Gasteiger partial charge >= 0.3 is 6.03 Å². The molecule has 0 aromatic heterocycles. The van der Waals surface area contributed by atoms with Crippen LogP contribution in [-0.2, 0) is 6.54 Å². The fourth-order valence-electron chi connectivity index (χ4n) is 5.91. The largest absolute Gasteiger partial charge is 0.490 e. The minimum absolute atomic E-state index is 0.124. The molecular formula is C40H49N5O4. The molecule has 1 fully saturated rings. The van der Waals surface area contributed by atoms with E-state index < -0.39 is 0 Å². The molecule has 3 amide bonds. The SMILES string of the molecule is CCOc1cc(NC(=O)NC(CC)CC)ccc1Oc1ccc(NC(=O)c2ccc(NCC3CCN(Cc4ccccc4)CC3)cc2)cc1. The number of nitrogens with zero attached hydrogens (tertiary/aromatic N) is 1. The van der Waals surface area contributed by atoms with Gasteiger partial charge in [0.05, 0.1) is 6.61 Å². The van der Waals surface area contributed by atoms with Crippen molar-refractivity contribution >= 4 is 29.0 Å². The lowest BCUT2D eigenvalue weighted by atomic mass is 9.96. The summed E-state index contributed by atoms with van der Waals surface area (Å²) in [6.07, 6.45) is 4.09. The van der Waals surface area contributed by atoms with E-state index >= 15 is 0 Å². The summed E-state index contributed by atoms with van der Waals surface area (Å²) in [5.41, 5.74) is 4.24. The molecule has 0 unspecified atom stereocenters. The van der Waals surface area contributed by atoms with E-state index in [4.69, 9.17) is 9.47 Å². The van der Waals surface area contributed by atoms with Crippen molar-refractivity contribution in [1.82, 2.24) is 10.2 Å². The fourth-order valence-corrected chi connectivity index (χ4v) is 5.91. The van der Waals surface area contributed by atoms with Crippen molar-refractivity contribution in [3.63, 3.8) is 0 Å². The zero-order valence-corrected chi connectivity index (χ0v) is 28.8. The molecule has 1 aliphatic heterocycles. The zero-order valence-electron chi connectivity index (χ0n) is 28.8. The Kier molecular flexibility index (Phi) is 12.9. The molecule has 49 heavy (non-hydrogen) atoms. The summed E-state index contributed by atoms with van der Waals surface area (Å²) in [6.45, 7) is 10.6. The Bertz CT molecular complexity index is 1620. The monoisotopic (exact) mass is 663 g/mol. The second kappa shape index (κ2) is 17.9. The molecule has 0 atom stereocenters. The van der Waals surface area contributed by atoms with Crippen molar-refractivity contribution in [2.75, 3.05) is 42.2 Å². The molecule has 1 aliphatic rings. The van der Waals surface area contributed by atoms with Crippen LogP contribution in [0.5, 0.6) is 17.2 Å². The van der Waals surface area contributed by atoms with Crippen LogP contribution in [0.15, 0.2) is 97.1 Å². The van der Waals surface area contributed by atoms with Gasteiger partial charge in [0.2, 0.25) is 0 Å². The van der Waals surface area contributed by atoms with Gasteiger partial charge in [-0.1, -0.05) is 44.2 Å². The highest BCUT2D eigenvalue weighted by atomic mass is 16.5. The lowest BCUT2D eigenvalue weighted by molar-refractivity contribution is 0.102. The number of likely N-dealkylation sites (tertiary alicyclic amines) is 1. The van der Waals surface area contributed by atoms with Crippen LogP contribution in [0, 0.1) is 5.92 Å². The Balaban J connectivity index is 1.07. The molecule has 9 heteroatoms. The lowest BCUT2D eigenvalue weighted by Gasteiger charge is -2.32. The third kappa shape index (κ3) is 10.7. The van der Waals surface area contributed by atoms with Crippen molar-refractivity contribution in [3.05, 3.63) is 108 Å². The van der Waals surface area contributed by atoms with Gasteiger partial charge in [-0.05, 0) is 118 Å². The first-order valence-electron chi connectivity index (χ1n) is 17.5. The summed E-state index contributed by atoms with van der Waals surface area (Å²) in [7, 11) is 0. The molecule has 0 saturated carbocycles. The summed E-state index contributed by atoms with van der Waals surface area (Å²) in [4.78, 5) is 27.9. The van der Waals surface area contributed by atoms with E-state index in [0.29, 0.717) is 46.7 Å². The Morgan fingerprint density at radius 3 is 2.12 bits per heavy atom. The number of hydrogen-bond acceptors (Lipinski definition) is 6. The molecule has 0 aliphatic carbocycles. The minimum Gasteiger partial charge on any atom is -0.490 e. The highest BCUT2D eigenvalue weighted by molar-refractivity contribution is 6.04. The minimum atomic E-state index is -0.253. The molecule has 5 rings (SSSR count). The number of piperidine rings is 1. The molecule has 4 aromatic rings. The molecule has 1 heterocycles. The average molecular weight is 664 g/mol. The molecule has 0 bridgehead atoms. The maximum absolute atomic E-state index is 13.0. The maximum Gasteiger partial charge on any atom is 0.319 e. The van der Waals surface area contributed by atoms with Gasteiger partial charge < -0.3 is 30.7 Å². The van der Waals surface area contributed by atoms with Crippen LogP contribution in [0.1, 0.15) is 62.4 Å². The molecule has 0 radical (unpaired) electrons. The van der Waals surface area contributed by atoms with Crippen molar-refractivity contribution in [3.8, 4) is 17.2 Å². The summed E-state index contributed by atoms with van der Waals surface area (Å²) >= 11 is 0. The number of urea groups is 1. The van der Waals surface area contributed by atoms with Crippen molar-refractivity contribution in [1.29, 1.82) is 0 Å². The molecule has 258 valence electrons. The van der Waals surface area contributed by atoms with E-state index in [-0.39, 0.29) is 18.0 Å². The van der Waals surface area contributed by atoms with Gasteiger partial charge in [0, 0.05) is 47.8 Å². The van der Waals surface area contributed by atoms with Crippen molar-refractivity contribution < 1.29 is 19.1 Å². The van der Waals surface area contributed by atoms with Gasteiger partial charge in [0.15, 0.2) is 11.5 Å². The standard InChI is InChI=1S/C40H49N5O4/c1-4-32(5-2)43-40(47)44-35-18-21-37(38(26-35)48-6-3)49-36-19-16-34(17-20-36)42-39(46)31-12-14-33(15-13-31)41-27-29-22-24-45(25-23-29)28-30-10-8-7-9-11-30/h7-21,26,29,32,41H,4-6,22-25,27-28H2,1-3H3,(H,42,46)(H2,43,44,47). The Hall–Kier alpha value is -5.02. The molecule has 0 spiro atoms. The number of rotatable bonds is 15. The average Bonchev–Trinajstić information content (AvgIpc) is 3.13. The molecule has 4 N–H and O–H groups in total. The Morgan fingerprint density at radius 1 is 0.776 bits per heavy atom. The predicted molar refractivity (Wildman–Crippen MR) is 198 cm³/mol. The topological polar surface area (TPSA) is 104 Å². The number of hydrogen-bond donors (Lipinski definition) is 4. The van der Waals surface area contributed by atoms with Crippen molar-refractivity contribution in [2.24, 2.45) is 5.92 Å². The molecule has 4 aromatic carbocycles. The quantitative estimate of drug-likeness (QED) is 0.101. The van der Waals surface area contributed by atoms with Gasteiger partial charge in [-0.3, -0.25) is 9.69 Å². The number of ether oxygens (including phenoxy) is 2. The normalized spacial score (nSPS) is 13.5. The van der Waals surface area contributed by atoms with Crippen LogP contribution < -0.4 is 30.7 Å². The van der Waals surface area contributed by atoms with E-state index in [2.05, 4.69) is 56.5 Å². The smallest absolute Gasteiger partial charge is 0.319 e. The maximum atomic E-state index is 13.0. The highest BCUT2D eigenvalue weighted by Crippen LogP contribution is 2.34. The number of anilines is 3. The third-order valence-corrected chi connectivity index (χ3v) is 8.86. The second-order valence-electron chi connectivity index (χ2n) is 12.5. The number of nitrogens with one attached hydrogen (secondary N) is 4. The Morgan fingerprint density at radius 2 is 1.45 bits per heavy atom. The van der Waals surface area contributed by atoms with E-state index in [1.54, 1.807) is 42.5 Å².